The Morgan fingerprint density at radius 1 is 1.16 bits per heavy atom. The molecule has 5 heterocycles. The molecule has 3 aromatic rings. The molecule has 0 aliphatic carbocycles. The van der Waals surface area contributed by atoms with Crippen LogP contribution in [0, 0.1) is 0 Å². The predicted octanol–water partition coefficient (Wildman–Crippen LogP) is 3.12. The van der Waals surface area contributed by atoms with Gasteiger partial charge in [-0.25, -0.2) is 9.97 Å². The van der Waals surface area contributed by atoms with Crippen molar-refractivity contribution in [1.82, 2.24) is 19.9 Å². The fourth-order valence-electron chi connectivity index (χ4n) is 4.71. The van der Waals surface area contributed by atoms with Crippen LogP contribution in [0.2, 0.25) is 0 Å². The number of morpholine rings is 1. The van der Waals surface area contributed by atoms with Crippen LogP contribution in [0.1, 0.15) is 37.6 Å². The molecular formula is C26H32N6O4S. The van der Waals surface area contributed by atoms with Gasteiger partial charge in [0.25, 0.3) is 5.91 Å². The molecule has 2 N–H and O–H groups in total. The Labute approximate surface area is 220 Å². The summed E-state index contributed by atoms with van der Waals surface area (Å²) in [4.78, 5) is 36.6. The summed E-state index contributed by atoms with van der Waals surface area (Å²) < 4.78 is 13.3. The second-order valence-corrected chi connectivity index (χ2v) is 10.8. The summed E-state index contributed by atoms with van der Waals surface area (Å²) in [5.74, 6) is 0.232. The van der Waals surface area contributed by atoms with E-state index in [0.29, 0.717) is 29.6 Å². The first-order valence-corrected chi connectivity index (χ1v) is 13.3. The number of hydrogen-bond acceptors (Lipinski definition) is 8. The van der Waals surface area contributed by atoms with Crippen LogP contribution in [0.3, 0.4) is 0 Å². The van der Waals surface area contributed by atoms with E-state index in [1.54, 1.807) is 12.3 Å². The van der Waals surface area contributed by atoms with Crippen LogP contribution in [0.25, 0.3) is 11.4 Å². The van der Waals surface area contributed by atoms with Crippen LogP contribution < -0.4 is 15.5 Å². The van der Waals surface area contributed by atoms with Gasteiger partial charge in [0.2, 0.25) is 5.91 Å². The molecule has 0 spiro atoms. The van der Waals surface area contributed by atoms with Crippen molar-refractivity contribution in [2.45, 2.75) is 44.9 Å². The van der Waals surface area contributed by atoms with Gasteiger partial charge in [-0.2, -0.15) is 0 Å². The van der Waals surface area contributed by atoms with Gasteiger partial charge in [0.1, 0.15) is 11.5 Å². The number of aromatic nitrogens is 3. The van der Waals surface area contributed by atoms with Crippen LogP contribution >= 0.6 is 11.3 Å². The topological polar surface area (TPSA) is 111 Å². The predicted molar refractivity (Wildman–Crippen MR) is 142 cm³/mol. The molecule has 0 radical (unpaired) electrons. The van der Waals surface area contributed by atoms with Gasteiger partial charge in [0.15, 0.2) is 5.13 Å². The molecule has 10 nitrogen and oxygen atoms in total. The fraction of sp³-hybridized carbons (Fsp3) is 0.462. The fourth-order valence-corrected chi connectivity index (χ4v) is 5.43. The Balaban J connectivity index is 1.16. The summed E-state index contributed by atoms with van der Waals surface area (Å²) >= 11 is 1.32. The van der Waals surface area contributed by atoms with Gasteiger partial charge >= 0.3 is 0 Å². The molecule has 196 valence electrons. The minimum atomic E-state index is -0.345. The molecule has 2 amide bonds. The van der Waals surface area contributed by atoms with Crippen LogP contribution in [0.5, 0.6) is 0 Å². The summed E-state index contributed by atoms with van der Waals surface area (Å²) in [7, 11) is 0. The maximum absolute atomic E-state index is 12.6. The smallest absolute Gasteiger partial charge is 0.253 e. The SMILES string of the molecule is CC1CN(c2cccc(-c3csc(NC(=O)CNC(=O)c4ccn(C5(C)CCOC5)c4)n3)n2)CC(C)O1. The highest BCUT2D eigenvalue weighted by Crippen LogP contribution is 2.28. The average molecular weight is 525 g/mol. The molecule has 0 bridgehead atoms. The number of thiazole rings is 1. The van der Waals surface area contributed by atoms with E-state index in [4.69, 9.17) is 14.5 Å². The number of anilines is 2. The van der Waals surface area contributed by atoms with Crippen LogP contribution in [0.15, 0.2) is 42.0 Å². The lowest BCUT2D eigenvalue weighted by molar-refractivity contribution is -0.115. The zero-order chi connectivity index (χ0) is 26.0. The average Bonchev–Trinajstić information content (AvgIpc) is 3.64. The molecular weight excluding hydrogens is 492 g/mol. The van der Waals surface area contributed by atoms with Gasteiger partial charge in [-0.3, -0.25) is 9.59 Å². The van der Waals surface area contributed by atoms with Crippen LogP contribution in [0.4, 0.5) is 10.9 Å². The third kappa shape index (κ3) is 5.84. The third-order valence-electron chi connectivity index (χ3n) is 6.68. The maximum Gasteiger partial charge on any atom is 0.253 e. The van der Waals surface area contributed by atoms with Crippen molar-refractivity contribution in [2.24, 2.45) is 0 Å². The van der Waals surface area contributed by atoms with E-state index in [1.165, 1.54) is 11.3 Å². The molecule has 2 fully saturated rings. The highest BCUT2D eigenvalue weighted by Gasteiger charge is 2.31. The second-order valence-electron chi connectivity index (χ2n) is 9.92. The van der Waals surface area contributed by atoms with Gasteiger partial charge < -0.3 is 29.6 Å². The number of nitrogens with one attached hydrogen (secondary N) is 2. The summed E-state index contributed by atoms with van der Waals surface area (Å²) in [6.07, 6.45) is 4.85. The summed E-state index contributed by atoms with van der Waals surface area (Å²) in [6, 6.07) is 7.61. The molecule has 2 aliphatic heterocycles. The van der Waals surface area contributed by atoms with E-state index in [-0.39, 0.29) is 36.1 Å². The summed E-state index contributed by atoms with van der Waals surface area (Å²) in [5, 5.41) is 7.76. The van der Waals surface area contributed by atoms with Gasteiger partial charge in [-0.1, -0.05) is 6.07 Å². The normalized spacial score (nSPS) is 23.7. The van der Waals surface area contributed by atoms with Gasteiger partial charge in [0, 0.05) is 37.5 Å². The van der Waals surface area contributed by atoms with Crippen molar-refractivity contribution in [2.75, 3.05) is 43.1 Å². The first-order valence-electron chi connectivity index (χ1n) is 12.5. The first kappa shape index (κ1) is 25.4. The molecule has 3 atom stereocenters. The zero-order valence-electron chi connectivity index (χ0n) is 21.3. The zero-order valence-corrected chi connectivity index (χ0v) is 22.1. The highest BCUT2D eigenvalue weighted by atomic mass is 32.1. The molecule has 37 heavy (non-hydrogen) atoms. The standard InChI is InChI=1S/C26H32N6O4S/c1-17-12-31(13-18(2)36-17)22-6-4-5-20(28-22)21-15-37-25(29-21)30-23(33)11-27-24(34)19-7-9-32(14-19)26(3)8-10-35-16-26/h4-7,9,14-15,17-18H,8,10-13,16H2,1-3H3,(H,27,34)(H,29,30,33). The third-order valence-corrected chi connectivity index (χ3v) is 7.43. The molecule has 0 saturated carbocycles. The number of carbonyl (C=O) groups is 2. The van der Waals surface area contributed by atoms with Crippen molar-refractivity contribution in [3.05, 3.63) is 47.6 Å². The number of nitrogens with zero attached hydrogens (tertiary/aromatic N) is 4. The lowest BCUT2D eigenvalue weighted by atomic mass is 10.0. The van der Waals surface area contributed by atoms with Crippen molar-refractivity contribution >= 4 is 34.1 Å². The van der Waals surface area contributed by atoms with Crippen molar-refractivity contribution in [3.63, 3.8) is 0 Å². The molecule has 2 aliphatic rings. The first-order chi connectivity index (χ1) is 17.8. The molecule has 3 unspecified atom stereocenters. The molecule has 5 rings (SSSR count). The van der Waals surface area contributed by atoms with Gasteiger partial charge in [-0.15, -0.1) is 11.3 Å². The van der Waals surface area contributed by atoms with E-state index < -0.39 is 0 Å². The Morgan fingerprint density at radius 3 is 2.73 bits per heavy atom. The van der Waals surface area contributed by atoms with Crippen molar-refractivity contribution < 1.29 is 19.1 Å². The van der Waals surface area contributed by atoms with Crippen LogP contribution in [-0.4, -0.2) is 71.4 Å². The number of pyridine rings is 1. The van der Waals surface area contributed by atoms with Crippen molar-refractivity contribution in [1.29, 1.82) is 0 Å². The highest BCUT2D eigenvalue weighted by molar-refractivity contribution is 7.14. The largest absolute Gasteiger partial charge is 0.379 e. The Hall–Kier alpha value is -3.28. The Bertz CT molecular complexity index is 1260. The number of hydrogen-bond donors (Lipinski definition) is 2. The van der Waals surface area contributed by atoms with Gasteiger partial charge in [0.05, 0.1) is 42.2 Å². The van der Waals surface area contributed by atoms with Crippen molar-refractivity contribution in [3.8, 4) is 11.4 Å². The maximum atomic E-state index is 12.6. The van der Waals surface area contributed by atoms with Crippen LogP contribution in [-0.2, 0) is 19.8 Å². The lowest BCUT2D eigenvalue weighted by Crippen LogP contribution is -2.45. The molecule has 3 aromatic heterocycles. The van der Waals surface area contributed by atoms with E-state index in [1.807, 2.05) is 34.3 Å². The number of amides is 2. The Morgan fingerprint density at radius 2 is 1.97 bits per heavy atom. The van der Waals surface area contributed by atoms with Gasteiger partial charge in [-0.05, 0) is 45.4 Å². The van der Waals surface area contributed by atoms with E-state index in [9.17, 15) is 9.59 Å². The molecule has 11 heteroatoms. The number of carbonyl (C=O) groups excluding carboxylic acids is 2. The number of rotatable bonds is 7. The monoisotopic (exact) mass is 524 g/mol. The minimum absolute atomic E-state index is 0.140. The quantitative estimate of drug-likeness (QED) is 0.489. The minimum Gasteiger partial charge on any atom is -0.379 e. The number of ether oxygens (including phenoxy) is 2. The van der Waals surface area contributed by atoms with E-state index in [0.717, 1.165) is 31.0 Å². The molecule has 2 saturated heterocycles. The van der Waals surface area contributed by atoms with E-state index in [2.05, 4.69) is 41.3 Å². The second kappa shape index (κ2) is 10.6. The van der Waals surface area contributed by atoms with E-state index >= 15 is 0 Å². The lowest BCUT2D eigenvalue weighted by Gasteiger charge is -2.36. The summed E-state index contributed by atoms with van der Waals surface area (Å²) in [6.45, 7) is 8.97. The summed E-state index contributed by atoms with van der Waals surface area (Å²) in [5.41, 5.74) is 1.78. The molecule has 0 aromatic carbocycles. The Kier molecular flexibility index (Phi) is 7.27.